The van der Waals surface area contributed by atoms with Gasteiger partial charge in [0.2, 0.25) is 0 Å². The largest absolute Gasteiger partial charge is 0.399 e. The topological polar surface area (TPSA) is 38.5 Å². The van der Waals surface area contributed by atoms with Crippen LogP contribution in [0.5, 0.6) is 0 Å². The average molecular weight is 260 g/mol. The quantitative estimate of drug-likeness (QED) is 0.831. The van der Waals surface area contributed by atoms with E-state index >= 15 is 0 Å². The zero-order chi connectivity index (χ0) is 13.4. The average Bonchev–Trinajstić information content (AvgIpc) is 2.82. The molecule has 1 aliphatic heterocycles. The molecule has 2 aliphatic rings. The molecule has 104 valence electrons. The second kappa shape index (κ2) is 5.14. The minimum Gasteiger partial charge on any atom is -0.399 e. The summed E-state index contributed by atoms with van der Waals surface area (Å²) in [6, 6.07) is 6.98. The van der Waals surface area contributed by atoms with Gasteiger partial charge in [0, 0.05) is 25.4 Å². The molecule has 1 aromatic rings. The molecule has 19 heavy (non-hydrogen) atoms. The second-order valence-corrected chi connectivity index (χ2v) is 6.05. The Morgan fingerprint density at radius 2 is 2.16 bits per heavy atom. The first kappa shape index (κ1) is 12.9. The number of anilines is 1. The van der Waals surface area contributed by atoms with Crippen LogP contribution in [0.1, 0.15) is 36.9 Å². The summed E-state index contributed by atoms with van der Waals surface area (Å²) in [5.74, 6) is 0.675. The monoisotopic (exact) mass is 260 g/mol. The van der Waals surface area contributed by atoms with Crippen LogP contribution in [-0.4, -0.2) is 31.2 Å². The van der Waals surface area contributed by atoms with Crippen LogP contribution < -0.4 is 5.73 Å². The van der Waals surface area contributed by atoms with Gasteiger partial charge in [0.25, 0.3) is 0 Å². The molecule has 1 aromatic carbocycles. The maximum absolute atomic E-state index is 5.88. The van der Waals surface area contributed by atoms with Crippen LogP contribution in [0.15, 0.2) is 18.2 Å². The zero-order valence-electron chi connectivity index (χ0n) is 11.9. The van der Waals surface area contributed by atoms with Crippen LogP contribution in [0.25, 0.3) is 0 Å². The van der Waals surface area contributed by atoms with Gasteiger partial charge in [-0.1, -0.05) is 13.0 Å². The minimum atomic E-state index is 0.381. The predicted octanol–water partition coefficient (Wildman–Crippen LogP) is 2.61. The molecule has 3 nitrogen and oxygen atoms in total. The lowest BCUT2D eigenvalue weighted by Gasteiger charge is -2.39. The Kier molecular flexibility index (Phi) is 3.50. The third kappa shape index (κ3) is 2.37. The van der Waals surface area contributed by atoms with E-state index in [0.29, 0.717) is 18.1 Å². The van der Waals surface area contributed by atoms with E-state index in [1.54, 1.807) is 0 Å². The summed E-state index contributed by atoms with van der Waals surface area (Å²) in [5.41, 5.74) is 9.70. The molecule has 3 unspecified atom stereocenters. The molecule has 1 saturated heterocycles. The van der Waals surface area contributed by atoms with Crippen molar-refractivity contribution in [2.24, 2.45) is 5.92 Å². The van der Waals surface area contributed by atoms with Gasteiger partial charge < -0.3 is 10.5 Å². The SMILES string of the molecule is COC1CN(C2CCc3cc(N)ccc32)CCC1C. The number of aryl methyl sites for hydroxylation is 1. The molecule has 1 aliphatic carbocycles. The number of ether oxygens (including phenoxy) is 1. The molecule has 0 bridgehead atoms. The number of nitrogens with two attached hydrogens (primary N) is 1. The summed E-state index contributed by atoms with van der Waals surface area (Å²) in [6.07, 6.45) is 4.00. The number of hydrogen-bond donors (Lipinski definition) is 1. The summed E-state index contributed by atoms with van der Waals surface area (Å²) in [7, 11) is 1.84. The van der Waals surface area contributed by atoms with Crippen molar-refractivity contribution in [3.63, 3.8) is 0 Å². The van der Waals surface area contributed by atoms with Crippen LogP contribution in [0, 0.1) is 5.92 Å². The molecule has 0 saturated carbocycles. The number of piperidine rings is 1. The Bertz CT molecular complexity index is 460. The first-order valence-electron chi connectivity index (χ1n) is 7.34. The van der Waals surface area contributed by atoms with E-state index in [9.17, 15) is 0 Å². The Morgan fingerprint density at radius 3 is 2.95 bits per heavy atom. The van der Waals surface area contributed by atoms with Crippen molar-refractivity contribution in [1.29, 1.82) is 0 Å². The third-order valence-electron chi connectivity index (χ3n) is 4.88. The van der Waals surface area contributed by atoms with Crippen molar-refractivity contribution >= 4 is 5.69 Å². The van der Waals surface area contributed by atoms with Gasteiger partial charge in [-0.3, -0.25) is 4.90 Å². The lowest BCUT2D eigenvalue weighted by molar-refractivity contribution is -0.0193. The van der Waals surface area contributed by atoms with E-state index in [2.05, 4.69) is 24.0 Å². The van der Waals surface area contributed by atoms with Gasteiger partial charge in [-0.25, -0.2) is 0 Å². The van der Waals surface area contributed by atoms with E-state index < -0.39 is 0 Å². The fourth-order valence-electron chi connectivity index (χ4n) is 3.64. The molecule has 3 rings (SSSR count). The normalized spacial score (nSPS) is 31.4. The van der Waals surface area contributed by atoms with Crippen molar-refractivity contribution in [2.75, 3.05) is 25.9 Å². The number of methoxy groups -OCH3 is 1. The van der Waals surface area contributed by atoms with Crippen LogP contribution in [0.3, 0.4) is 0 Å². The molecule has 1 heterocycles. The summed E-state index contributed by atoms with van der Waals surface area (Å²) in [4.78, 5) is 2.61. The number of benzene rings is 1. The number of rotatable bonds is 2. The molecular weight excluding hydrogens is 236 g/mol. The third-order valence-corrected chi connectivity index (χ3v) is 4.88. The highest BCUT2D eigenvalue weighted by Crippen LogP contribution is 2.38. The fraction of sp³-hybridized carbons (Fsp3) is 0.625. The lowest BCUT2D eigenvalue weighted by atomic mass is 9.93. The van der Waals surface area contributed by atoms with Crippen molar-refractivity contribution in [3.05, 3.63) is 29.3 Å². The molecule has 3 heteroatoms. The Morgan fingerprint density at radius 1 is 1.32 bits per heavy atom. The van der Waals surface area contributed by atoms with Gasteiger partial charge in [-0.05, 0) is 55.0 Å². The van der Waals surface area contributed by atoms with E-state index in [1.165, 1.54) is 30.5 Å². The number of hydrogen-bond acceptors (Lipinski definition) is 3. The van der Waals surface area contributed by atoms with Gasteiger partial charge in [-0.2, -0.15) is 0 Å². The number of nitrogens with zero attached hydrogens (tertiary/aromatic N) is 1. The van der Waals surface area contributed by atoms with Crippen LogP contribution in [0.4, 0.5) is 5.69 Å². The molecule has 0 aromatic heterocycles. The number of nitrogen functional groups attached to an aromatic ring is 1. The van der Waals surface area contributed by atoms with Gasteiger partial charge in [0.1, 0.15) is 0 Å². The van der Waals surface area contributed by atoms with Gasteiger partial charge in [0.05, 0.1) is 6.10 Å². The first-order chi connectivity index (χ1) is 9.19. The lowest BCUT2D eigenvalue weighted by Crippen LogP contribution is -2.45. The van der Waals surface area contributed by atoms with E-state index in [-0.39, 0.29) is 0 Å². The standard InChI is InChI=1S/C16H24N2O/c1-11-7-8-18(10-16(11)19-2)15-6-3-12-9-13(17)4-5-14(12)15/h4-5,9,11,15-16H,3,6-8,10,17H2,1-2H3. The van der Waals surface area contributed by atoms with Crippen LogP contribution >= 0.6 is 0 Å². The zero-order valence-corrected chi connectivity index (χ0v) is 11.9. The highest BCUT2D eigenvalue weighted by molar-refractivity contribution is 5.47. The molecule has 0 radical (unpaired) electrons. The fourth-order valence-corrected chi connectivity index (χ4v) is 3.64. The molecule has 0 amide bonds. The summed E-state index contributed by atoms with van der Waals surface area (Å²) in [6.45, 7) is 4.55. The van der Waals surface area contributed by atoms with Crippen molar-refractivity contribution in [1.82, 2.24) is 4.90 Å². The highest BCUT2D eigenvalue weighted by Gasteiger charge is 2.33. The van der Waals surface area contributed by atoms with E-state index in [4.69, 9.17) is 10.5 Å². The van der Waals surface area contributed by atoms with Crippen molar-refractivity contribution in [2.45, 2.75) is 38.3 Å². The Labute approximate surface area is 115 Å². The maximum Gasteiger partial charge on any atom is 0.0724 e. The Balaban J connectivity index is 1.78. The summed E-state index contributed by atoms with van der Waals surface area (Å²) >= 11 is 0. The smallest absolute Gasteiger partial charge is 0.0724 e. The molecule has 0 spiro atoms. The minimum absolute atomic E-state index is 0.381. The van der Waals surface area contributed by atoms with Gasteiger partial charge in [-0.15, -0.1) is 0 Å². The molecule has 3 atom stereocenters. The molecule has 1 fully saturated rings. The van der Waals surface area contributed by atoms with Crippen LogP contribution in [-0.2, 0) is 11.2 Å². The summed E-state index contributed by atoms with van der Waals surface area (Å²) in [5, 5.41) is 0. The number of likely N-dealkylation sites (tertiary alicyclic amines) is 1. The van der Waals surface area contributed by atoms with Gasteiger partial charge >= 0.3 is 0 Å². The predicted molar refractivity (Wildman–Crippen MR) is 78.1 cm³/mol. The Hall–Kier alpha value is -1.06. The van der Waals surface area contributed by atoms with Crippen molar-refractivity contribution < 1.29 is 4.74 Å². The highest BCUT2D eigenvalue weighted by atomic mass is 16.5. The van der Waals surface area contributed by atoms with Crippen LogP contribution in [0.2, 0.25) is 0 Å². The van der Waals surface area contributed by atoms with Gasteiger partial charge in [0.15, 0.2) is 0 Å². The number of fused-ring (bicyclic) bond motifs is 1. The second-order valence-electron chi connectivity index (χ2n) is 6.05. The molecule has 2 N–H and O–H groups in total. The van der Waals surface area contributed by atoms with E-state index in [0.717, 1.165) is 18.7 Å². The van der Waals surface area contributed by atoms with E-state index in [1.807, 2.05) is 13.2 Å². The van der Waals surface area contributed by atoms with Crippen molar-refractivity contribution in [3.8, 4) is 0 Å². The maximum atomic E-state index is 5.88. The first-order valence-corrected chi connectivity index (χ1v) is 7.34. The molecular formula is C16H24N2O. The summed E-state index contributed by atoms with van der Waals surface area (Å²) < 4.78 is 5.64.